The van der Waals surface area contributed by atoms with Crippen molar-refractivity contribution in [3.05, 3.63) is 46.5 Å². The summed E-state index contributed by atoms with van der Waals surface area (Å²) >= 11 is 1.65. The lowest BCUT2D eigenvalue weighted by atomic mass is 10.0. The van der Waals surface area contributed by atoms with Gasteiger partial charge in [0.05, 0.1) is 19.3 Å². The molecule has 4 rings (SSSR count). The Morgan fingerprint density at radius 3 is 2.66 bits per heavy atom. The number of carbonyl (C=O) groups is 2. The van der Waals surface area contributed by atoms with Gasteiger partial charge in [-0.1, -0.05) is 30.3 Å². The summed E-state index contributed by atoms with van der Waals surface area (Å²) in [5.41, 5.74) is 2.24. The Kier molecular flexibility index (Phi) is 6.25. The van der Waals surface area contributed by atoms with Gasteiger partial charge < -0.3 is 10.2 Å². The molecule has 7 heteroatoms. The summed E-state index contributed by atoms with van der Waals surface area (Å²) in [4.78, 5) is 34.2. The monoisotopic (exact) mass is 413 g/mol. The number of amides is 2. The minimum Gasteiger partial charge on any atom is -0.348 e. The van der Waals surface area contributed by atoms with E-state index in [1.165, 1.54) is 17.7 Å². The molecule has 2 amide bonds. The maximum Gasteiger partial charge on any atom is 0.284 e. The fourth-order valence-electron chi connectivity index (χ4n) is 3.68. The molecule has 1 aromatic heterocycles. The highest BCUT2D eigenvalue weighted by Gasteiger charge is 2.28. The number of aromatic nitrogens is 1. The molecule has 154 valence electrons. The van der Waals surface area contributed by atoms with E-state index in [2.05, 4.69) is 5.32 Å². The van der Waals surface area contributed by atoms with Gasteiger partial charge in [-0.15, -0.1) is 11.3 Å². The SMILES string of the molecule is C[NH+](CC(=O)NC1CC1)CC(=O)N(Cc1ccccc1)c1nc2c(s1)CCCC2. The van der Waals surface area contributed by atoms with Crippen LogP contribution in [0.5, 0.6) is 0 Å². The molecule has 2 aliphatic rings. The van der Waals surface area contributed by atoms with Gasteiger partial charge in [-0.25, -0.2) is 4.98 Å². The highest BCUT2D eigenvalue weighted by atomic mass is 32.1. The van der Waals surface area contributed by atoms with Crippen LogP contribution in [0.15, 0.2) is 30.3 Å². The van der Waals surface area contributed by atoms with Crippen molar-refractivity contribution in [2.24, 2.45) is 0 Å². The number of fused-ring (bicyclic) bond motifs is 1. The van der Waals surface area contributed by atoms with Gasteiger partial charge in [0.1, 0.15) is 0 Å². The molecule has 1 unspecified atom stereocenters. The van der Waals surface area contributed by atoms with Crippen molar-refractivity contribution in [3.63, 3.8) is 0 Å². The minimum absolute atomic E-state index is 0.0108. The number of rotatable bonds is 8. The van der Waals surface area contributed by atoms with Crippen LogP contribution in [-0.4, -0.2) is 43.0 Å². The Hall–Kier alpha value is -2.25. The summed E-state index contributed by atoms with van der Waals surface area (Å²) in [6, 6.07) is 10.4. The average Bonchev–Trinajstić information content (AvgIpc) is 3.40. The number of thiazole rings is 1. The van der Waals surface area contributed by atoms with E-state index in [0.717, 1.165) is 47.0 Å². The van der Waals surface area contributed by atoms with E-state index in [-0.39, 0.29) is 18.4 Å². The van der Waals surface area contributed by atoms with E-state index < -0.39 is 0 Å². The van der Waals surface area contributed by atoms with Crippen molar-refractivity contribution in [1.82, 2.24) is 10.3 Å². The Bertz CT molecular complexity index is 839. The number of hydrogen-bond acceptors (Lipinski definition) is 4. The predicted molar refractivity (Wildman–Crippen MR) is 114 cm³/mol. The first-order chi connectivity index (χ1) is 14.1. The smallest absolute Gasteiger partial charge is 0.284 e. The van der Waals surface area contributed by atoms with E-state index in [1.807, 2.05) is 37.4 Å². The molecule has 29 heavy (non-hydrogen) atoms. The van der Waals surface area contributed by atoms with Crippen LogP contribution in [0.2, 0.25) is 0 Å². The van der Waals surface area contributed by atoms with Crippen LogP contribution in [0, 0.1) is 0 Å². The molecule has 2 aliphatic carbocycles. The number of aryl methyl sites for hydroxylation is 2. The largest absolute Gasteiger partial charge is 0.348 e. The minimum atomic E-state index is 0.0108. The zero-order valence-electron chi connectivity index (χ0n) is 16.9. The van der Waals surface area contributed by atoms with Gasteiger partial charge in [-0.2, -0.15) is 0 Å². The first-order valence-electron chi connectivity index (χ1n) is 10.5. The Morgan fingerprint density at radius 2 is 1.93 bits per heavy atom. The lowest BCUT2D eigenvalue weighted by molar-refractivity contribution is -0.862. The fraction of sp³-hybridized carbons (Fsp3) is 0.500. The van der Waals surface area contributed by atoms with Gasteiger partial charge in [0.15, 0.2) is 18.2 Å². The molecule has 1 saturated carbocycles. The second-order valence-electron chi connectivity index (χ2n) is 8.19. The Labute approximate surface area is 175 Å². The number of hydrogen-bond donors (Lipinski definition) is 2. The predicted octanol–water partition coefficient (Wildman–Crippen LogP) is 1.35. The van der Waals surface area contributed by atoms with Crippen LogP contribution >= 0.6 is 11.3 Å². The van der Waals surface area contributed by atoms with Crippen LogP contribution in [-0.2, 0) is 29.0 Å². The van der Waals surface area contributed by atoms with Crippen LogP contribution in [0.25, 0.3) is 0 Å². The van der Waals surface area contributed by atoms with Crippen molar-refractivity contribution >= 4 is 28.3 Å². The summed E-state index contributed by atoms with van der Waals surface area (Å²) in [6.45, 7) is 1.10. The summed E-state index contributed by atoms with van der Waals surface area (Å²) in [7, 11) is 1.90. The van der Waals surface area contributed by atoms with Crippen molar-refractivity contribution in [1.29, 1.82) is 0 Å². The van der Waals surface area contributed by atoms with E-state index in [1.54, 1.807) is 16.2 Å². The number of carbonyl (C=O) groups excluding carboxylic acids is 2. The van der Waals surface area contributed by atoms with E-state index >= 15 is 0 Å². The molecule has 0 radical (unpaired) electrons. The van der Waals surface area contributed by atoms with Gasteiger partial charge in [0.2, 0.25) is 0 Å². The number of anilines is 1. The molecular formula is C22H29N4O2S+. The lowest BCUT2D eigenvalue weighted by Crippen LogP contribution is -3.11. The molecule has 0 saturated heterocycles. The lowest BCUT2D eigenvalue weighted by Gasteiger charge is -2.22. The zero-order chi connectivity index (χ0) is 20.2. The summed E-state index contributed by atoms with van der Waals surface area (Å²) in [6.07, 6.45) is 6.58. The first-order valence-corrected chi connectivity index (χ1v) is 11.3. The third-order valence-electron chi connectivity index (χ3n) is 5.41. The number of nitrogens with one attached hydrogen (secondary N) is 2. The molecule has 1 aromatic carbocycles. The third kappa shape index (κ3) is 5.42. The molecular weight excluding hydrogens is 384 g/mol. The maximum atomic E-state index is 13.2. The van der Waals surface area contributed by atoms with Crippen LogP contribution < -0.4 is 15.1 Å². The van der Waals surface area contributed by atoms with Crippen LogP contribution in [0.3, 0.4) is 0 Å². The van der Waals surface area contributed by atoms with E-state index in [0.29, 0.717) is 19.1 Å². The Morgan fingerprint density at radius 1 is 1.17 bits per heavy atom. The van der Waals surface area contributed by atoms with E-state index in [4.69, 9.17) is 4.98 Å². The molecule has 1 heterocycles. The number of benzene rings is 1. The topological polar surface area (TPSA) is 66.7 Å². The molecule has 1 atom stereocenters. The van der Waals surface area contributed by atoms with Crippen LogP contribution in [0.1, 0.15) is 41.8 Å². The van der Waals surface area contributed by atoms with Gasteiger partial charge in [0, 0.05) is 10.9 Å². The van der Waals surface area contributed by atoms with Gasteiger partial charge >= 0.3 is 0 Å². The quantitative estimate of drug-likeness (QED) is 0.687. The molecule has 2 aromatic rings. The van der Waals surface area contributed by atoms with Gasteiger partial charge in [-0.3, -0.25) is 14.5 Å². The van der Waals surface area contributed by atoms with Crippen LogP contribution in [0.4, 0.5) is 5.13 Å². The van der Waals surface area contributed by atoms with Crippen molar-refractivity contribution in [2.75, 3.05) is 25.0 Å². The van der Waals surface area contributed by atoms with Gasteiger partial charge in [-0.05, 0) is 44.1 Å². The number of likely N-dealkylation sites (N-methyl/N-ethyl adjacent to an activating group) is 1. The summed E-state index contributed by atoms with van der Waals surface area (Å²) < 4.78 is 0. The second-order valence-corrected chi connectivity index (χ2v) is 9.25. The third-order valence-corrected chi connectivity index (χ3v) is 6.59. The summed E-state index contributed by atoms with van der Waals surface area (Å²) in [5, 5.41) is 3.79. The molecule has 0 bridgehead atoms. The fourth-order valence-corrected chi connectivity index (χ4v) is 4.84. The highest BCUT2D eigenvalue weighted by molar-refractivity contribution is 7.15. The molecule has 1 fully saturated rings. The summed E-state index contributed by atoms with van der Waals surface area (Å²) in [5.74, 6) is 0.0359. The van der Waals surface area contributed by atoms with E-state index in [9.17, 15) is 9.59 Å². The molecule has 0 aliphatic heterocycles. The molecule has 0 spiro atoms. The standard InChI is InChI=1S/C22H28N4O2S/c1-25(14-20(27)23-17-11-12-17)15-21(28)26(13-16-7-3-2-4-8-16)22-24-18-9-5-6-10-19(18)29-22/h2-4,7-8,17H,5-6,9-15H2,1H3,(H,23,27)/p+1. The molecule has 2 N–H and O–H groups in total. The van der Waals surface area contributed by atoms with Gasteiger partial charge in [0.25, 0.3) is 11.8 Å². The highest BCUT2D eigenvalue weighted by Crippen LogP contribution is 2.32. The van der Waals surface area contributed by atoms with Crippen molar-refractivity contribution in [2.45, 2.75) is 51.1 Å². The zero-order valence-corrected chi connectivity index (χ0v) is 17.8. The Balaban J connectivity index is 1.47. The van der Waals surface area contributed by atoms with Crippen molar-refractivity contribution < 1.29 is 14.5 Å². The van der Waals surface area contributed by atoms with Crippen molar-refractivity contribution in [3.8, 4) is 0 Å². The number of quaternary nitrogens is 1. The maximum absolute atomic E-state index is 13.2. The normalized spacial score (nSPS) is 16.7. The second kappa shape index (κ2) is 9.05. The number of nitrogens with zero attached hydrogens (tertiary/aromatic N) is 2. The molecule has 6 nitrogen and oxygen atoms in total. The average molecular weight is 414 g/mol. The first kappa shape index (κ1) is 20.0.